The number of hydrogen-bond acceptors (Lipinski definition) is 5. The molecule has 31 heavy (non-hydrogen) atoms. The topological polar surface area (TPSA) is 106 Å². The molecule has 0 aliphatic carbocycles. The Kier molecular flexibility index (Phi) is 8.87. The summed E-state index contributed by atoms with van der Waals surface area (Å²) < 4.78 is 10.9. The van der Waals surface area contributed by atoms with Crippen molar-refractivity contribution >= 4 is 17.7 Å². The van der Waals surface area contributed by atoms with Crippen molar-refractivity contribution in [2.24, 2.45) is 5.92 Å². The van der Waals surface area contributed by atoms with Crippen LogP contribution in [0.3, 0.4) is 0 Å². The average molecular weight is 428 g/mol. The number of benzene rings is 2. The molecule has 3 amide bonds. The van der Waals surface area contributed by atoms with Gasteiger partial charge in [-0.05, 0) is 43.5 Å². The van der Waals surface area contributed by atoms with Crippen LogP contribution in [-0.2, 0) is 9.59 Å². The number of ether oxygens (including phenoxy) is 2. The molecule has 0 radical (unpaired) electrons. The van der Waals surface area contributed by atoms with Crippen LogP contribution < -0.4 is 25.6 Å². The van der Waals surface area contributed by atoms with E-state index < -0.39 is 17.9 Å². The molecule has 0 aliphatic rings. The number of aryl methyl sites for hydroxylation is 1. The lowest BCUT2D eigenvalue weighted by molar-refractivity contribution is -0.131. The molecule has 2 rings (SSSR count). The molecule has 166 valence electrons. The standard InChI is InChI=1S/C23H29N3O5/c1-5-30-18-12-8-9-13-19(18)31-14-20(27)25-26-23(29)21(15(2)3)24-22(28)17-11-7-6-10-16(17)4/h6-13,15,21H,5,14H2,1-4H3,(H,24,28)(H,25,27)(H,26,29)/t21-/m0/s1. The third kappa shape index (κ3) is 7.02. The highest BCUT2D eigenvalue weighted by molar-refractivity contribution is 5.98. The van der Waals surface area contributed by atoms with Gasteiger partial charge in [-0.15, -0.1) is 0 Å². The first kappa shape index (κ1) is 23.7. The van der Waals surface area contributed by atoms with Crippen LogP contribution in [-0.4, -0.2) is 37.0 Å². The summed E-state index contributed by atoms with van der Waals surface area (Å²) in [5.74, 6) is -0.669. The van der Waals surface area contributed by atoms with Crippen molar-refractivity contribution < 1.29 is 23.9 Å². The van der Waals surface area contributed by atoms with Crippen molar-refractivity contribution in [1.29, 1.82) is 0 Å². The molecule has 0 aromatic heterocycles. The van der Waals surface area contributed by atoms with Gasteiger partial charge in [0.05, 0.1) is 6.61 Å². The van der Waals surface area contributed by atoms with E-state index in [1.54, 1.807) is 50.2 Å². The zero-order valence-electron chi connectivity index (χ0n) is 18.2. The lowest BCUT2D eigenvalue weighted by atomic mass is 10.0. The molecule has 0 bridgehead atoms. The van der Waals surface area contributed by atoms with Gasteiger partial charge < -0.3 is 14.8 Å². The number of amides is 3. The molecule has 0 saturated heterocycles. The molecule has 2 aromatic rings. The van der Waals surface area contributed by atoms with Crippen LogP contribution in [0.2, 0.25) is 0 Å². The van der Waals surface area contributed by atoms with Crippen molar-refractivity contribution in [3.63, 3.8) is 0 Å². The summed E-state index contributed by atoms with van der Waals surface area (Å²) in [4.78, 5) is 37.2. The maximum Gasteiger partial charge on any atom is 0.276 e. The third-order valence-corrected chi connectivity index (χ3v) is 4.46. The maximum absolute atomic E-state index is 12.6. The van der Waals surface area contributed by atoms with Crippen LogP contribution in [0.1, 0.15) is 36.7 Å². The predicted molar refractivity (Wildman–Crippen MR) is 117 cm³/mol. The number of hydrogen-bond donors (Lipinski definition) is 3. The van der Waals surface area contributed by atoms with Crippen LogP contribution in [0.4, 0.5) is 0 Å². The van der Waals surface area contributed by atoms with Gasteiger partial charge in [-0.3, -0.25) is 25.2 Å². The number of nitrogens with one attached hydrogen (secondary N) is 3. The average Bonchev–Trinajstić information content (AvgIpc) is 2.75. The number of rotatable bonds is 9. The molecule has 0 spiro atoms. The van der Waals surface area contributed by atoms with Crippen molar-refractivity contribution in [3.05, 3.63) is 59.7 Å². The molecular weight excluding hydrogens is 398 g/mol. The van der Waals surface area contributed by atoms with Gasteiger partial charge in [0.1, 0.15) is 6.04 Å². The minimum atomic E-state index is -0.827. The molecule has 2 aromatic carbocycles. The van der Waals surface area contributed by atoms with Crippen LogP contribution in [0.5, 0.6) is 11.5 Å². The predicted octanol–water partition coefficient (Wildman–Crippen LogP) is 2.37. The summed E-state index contributed by atoms with van der Waals surface area (Å²) in [5.41, 5.74) is 5.95. The fraction of sp³-hybridized carbons (Fsp3) is 0.348. The summed E-state index contributed by atoms with van der Waals surface area (Å²) in [7, 11) is 0. The SMILES string of the molecule is CCOc1ccccc1OCC(=O)NNC(=O)[C@@H](NC(=O)c1ccccc1C)C(C)C. The quantitative estimate of drug-likeness (QED) is 0.533. The second kappa shape index (κ2) is 11.6. The molecule has 0 heterocycles. The molecular formula is C23H29N3O5. The van der Waals surface area contributed by atoms with Crippen molar-refractivity contribution in [2.75, 3.05) is 13.2 Å². The van der Waals surface area contributed by atoms with Gasteiger partial charge in [-0.2, -0.15) is 0 Å². The molecule has 0 fully saturated rings. The van der Waals surface area contributed by atoms with Gasteiger partial charge in [0.15, 0.2) is 18.1 Å². The first-order valence-corrected chi connectivity index (χ1v) is 10.1. The van der Waals surface area contributed by atoms with E-state index in [-0.39, 0.29) is 18.4 Å². The summed E-state index contributed by atoms with van der Waals surface area (Å²) in [6.07, 6.45) is 0. The fourth-order valence-corrected chi connectivity index (χ4v) is 2.81. The molecule has 1 atom stereocenters. The Bertz CT molecular complexity index is 914. The minimum absolute atomic E-state index is 0.195. The summed E-state index contributed by atoms with van der Waals surface area (Å²) in [6, 6.07) is 13.3. The zero-order valence-corrected chi connectivity index (χ0v) is 18.2. The highest BCUT2D eigenvalue weighted by Gasteiger charge is 2.25. The molecule has 0 aliphatic heterocycles. The van der Waals surface area contributed by atoms with E-state index in [1.165, 1.54) is 0 Å². The molecule has 8 heteroatoms. The van der Waals surface area contributed by atoms with E-state index in [0.29, 0.717) is 23.7 Å². The van der Waals surface area contributed by atoms with Crippen LogP contribution in [0.15, 0.2) is 48.5 Å². The summed E-state index contributed by atoms with van der Waals surface area (Å²) in [5, 5.41) is 2.73. The Morgan fingerprint density at radius 1 is 0.903 bits per heavy atom. The van der Waals surface area contributed by atoms with E-state index in [0.717, 1.165) is 5.56 Å². The first-order valence-electron chi connectivity index (χ1n) is 10.1. The largest absolute Gasteiger partial charge is 0.490 e. The zero-order chi connectivity index (χ0) is 22.8. The van der Waals surface area contributed by atoms with E-state index in [1.807, 2.05) is 26.0 Å². The maximum atomic E-state index is 12.6. The Balaban J connectivity index is 1.89. The third-order valence-electron chi connectivity index (χ3n) is 4.46. The monoisotopic (exact) mass is 427 g/mol. The van der Waals surface area contributed by atoms with Crippen LogP contribution in [0, 0.1) is 12.8 Å². The van der Waals surface area contributed by atoms with E-state index in [2.05, 4.69) is 16.2 Å². The fourth-order valence-electron chi connectivity index (χ4n) is 2.81. The minimum Gasteiger partial charge on any atom is -0.490 e. The second-order valence-electron chi connectivity index (χ2n) is 7.22. The number of hydrazine groups is 1. The van der Waals surface area contributed by atoms with Crippen LogP contribution >= 0.6 is 0 Å². The summed E-state index contributed by atoms with van der Waals surface area (Å²) in [6.45, 7) is 7.43. The normalized spacial score (nSPS) is 11.4. The van der Waals surface area contributed by atoms with Crippen LogP contribution in [0.25, 0.3) is 0 Å². The van der Waals surface area contributed by atoms with Gasteiger partial charge in [0, 0.05) is 5.56 Å². The van der Waals surface area contributed by atoms with Gasteiger partial charge in [0.25, 0.3) is 17.7 Å². The van der Waals surface area contributed by atoms with E-state index >= 15 is 0 Å². The van der Waals surface area contributed by atoms with Gasteiger partial charge in [-0.1, -0.05) is 44.2 Å². The highest BCUT2D eigenvalue weighted by Crippen LogP contribution is 2.26. The first-order chi connectivity index (χ1) is 14.8. The highest BCUT2D eigenvalue weighted by atomic mass is 16.5. The van der Waals surface area contributed by atoms with E-state index in [9.17, 15) is 14.4 Å². The van der Waals surface area contributed by atoms with Crippen molar-refractivity contribution in [1.82, 2.24) is 16.2 Å². The Labute approximate surface area is 182 Å². The number of para-hydroxylation sites is 2. The number of carbonyl (C=O) groups excluding carboxylic acids is 3. The molecule has 3 N–H and O–H groups in total. The van der Waals surface area contributed by atoms with Gasteiger partial charge >= 0.3 is 0 Å². The molecule has 0 unspecified atom stereocenters. The lowest BCUT2D eigenvalue weighted by Crippen LogP contribution is -2.55. The molecule has 8 nitrogen and oxygen atoms in total. The van der Waals surface area contributed by atoms with Crippen molar-refractivity contribution in [2.45, 2.75) is 33.7 Å². The lowest BCUT2D eigenvalue weighted by Gasteiger charge is -2.22. The van der Waals surface area contributed by atoms with Gasteiger partial charge in [-0.25, -0.2) is 0 Å². The smallest absolute Gasteiger partial charge is 0.276 e. The Morgan fingerprint density at radius 3 is 2.13 bits per heavy atom. The Morgan fingerprint density at radius 2 is 1.52 bits per heavy atom. The van der Waals surface area contributed by atoms with E-state index in [4.69, 9.17) is 9.47 Å². The number of carbonyl (C=O) groups is 3. The molecule has 0 saturated carbocycles. The second-order valence-corrected chi connectivity index (χ2v) is 7.22. The van der Waals surface area contributed by atoms with Crippen molar-refractivity contribution in [3.8, 4) is 11.5 Å². The summed E-state index contributed by atoms with van der Waals surface area (Å²) >= 11 is 0. The van der Waals surface area contributed by atoms with Gasteiger partial charge in [0.2, 0.25) is 0 Å². The Hall–Kier alpha value is -3.55.